The van der Waals surface area contributed by atoms with Gasteiger partial charge < -0.3 is 19.7 Å². The molecule has 0 spiro atoms. The molecule has 162 valence electrons. The van der Waals surface area contributed by atoms with Crippen molar-refractivity contribution in [2.75, 3.05) is 18.1 Å². The van der Waals surface area contributed by atoms with Crippen molar-refractivity contribution in [3.05, 3.63) is 64.9 Å². The fourth-order valence-electron chi connectivity index (χ4n) is 4.50. The van der Waals surface area contributed by atoms with Crippen molar-refractivity contribution in [2.45, 2.75) is 32.2 Å². The van der Waals surface area contributed by atoms with Gasteiger partial charge in [-0.05, 0) is 67.3 Å². The first-order valence-electron chi connectivity index (χ1n) is 10.8. The summed E-state index contributed by atoms with van der Waals surface area (Å²) in [5, 5.41) is 3.92. The molecule has 3 aliphatic heterocycles. The zero-order valence-electron chi connectivity index (χ0n) is 18.0. The largest absolute Gasteiger partial charge is 0.490 e. The number of fused-ring (bicyclic) bond motifs is 3. The summed E-state index contributed by atoms with van der Waals surface area (Å²) >= 11 is 1.46. The van der Waals surface area contributed by atoms with Gasteiger partial charge >= 0.3 is 0 Å². The molecular formula is C25H23N3O3S. The SMILES string of the molecule is CC1(C)Cc2nc(N3CCOc4ccc(-c5ccc6c(c5)CC=CO6)cc43)sc2C(=O)N1. The molecule has 0 aliphatic carbocycles. The fourth-order valence-corrected chi connectivity index (χ4v) is 5.52. The fraction of sp³-hybridized carbons (Fsp3) is 0.280. The van der Waals surface area contributed by atoms with Crippen molar-refractivity contribution < 1.29 is 14.3 Å². The standard InChI is InChI=1S/C25H23N3O3S/c1-25(2)14-18-22(23(29)27-25)32-24(26-18)28-9-11-31-21-8-6-16(13-19(21)28)15-5-7-20-17(12-15)4-3-10-30-20/h3,5-8,10,12-13H,4,9,11,14H2,1-2H3,(H,27,29). The molecule has 3 aliphatic rings. The minimum absolute atomic E-state index is 0.0347. The van der Waals surface area contributed by atoms with Crippen molar-refractivity contribution in [1.82, 2.24) is 10.3 Å². The Balaban J connectivity index is 1.39. The van der Waals surface area contributed by atoms with E-state index in [0.717, 1.165) is 52.0 Å². The molecule has 0 unspecified atom stereocenters. The number of nitrogens with zero attached hydrogens (tertiary/aromatic N) is 2. The van der Waals surface area contributed by atoms with Crippen molar-refractivity contribution in [2.24, 2.45) is 0 Å². The summed E-state index contributed by atoms with van der Waals surface area (Å²) in [6.07, 6.45) is 5.36. The van der Waals surface area contributed by atoms with Gasteiger partial charge in [-0.2, -0.15) is 0 Å². The second-order valence-corrected chi connectivity index (χ2v) is 9.96. The molecule has 1 amide bonds. The number of carbonyl (C=O) groups is 1. The van der Waals surface area contributed by atoms with Gasteiger partial charge in [-0.15, -0.1) is 0 Å². The number of benzene rings is 2. The number of carbonyl (C=O) groups excluding carboxylic acids is 1. The summed E-state index contributed by atoms with van der Waals surface area (Å²) in [5.41, 5.74) is 5.00. The number of allylic oxidation sites excluding steroid dienone is 1. The molecule has 0 fully saturated rings. The molecule has 6 rings (SSSR count). The topological polar surface area (TPSA) is 63.7 Å². The van der Waals surface area contributed by atoms with Crippen molar-refractivity contribution in [3.8, 4) is 22.6 Å². The lowest BCUT2D eigenvalue weighted by Gasteiger charge is -2.30. The molecule has 32 heavy (non-hydrogen) atoms. The lowest BCUT2D eigenvalue weighted by molar-refractivity contribution is 0.0901. The normalized spacial score (nSPS) is 18.1. The quantitative estimate of drug-likeness (QED) is 0.611. The molecular weight excluding hydrogens is 422 g/mol. The van der Waals surface area contributed by atoms with Crippen LogP contribution in [-0.2, 0) is 12.8 Å². The van der Waals surface area contributed by atoms with E-state index >= 15 is 0 Å². The predicted octanol–water partition coefficient (Wildman–Crippen LogP) is 4.85. The molecule has 2 aromatic carbocycles. The van der Waals surface area contributed by atoms with Crippen LogP contribution in [0.25, 0.3) is 11.1 Å². The van der Waals surface area contributed by atoms with E-state index in [4.69, 9.17) is 14.5 Å². The van der Waals surface area contributed by atoms with E-state index in [1.54, 1.807) is 6.26 Å². The van der Waals surface area contributed by atoms with Gasteiger partial charge in [-0.25, -0.2) is 4.98 Å². The van der Waals surface area contributed by atoms with Gasteiger partial charge in [0.25, 0.3) is 5.91 Å². The highest BCUT2D eigenvalue weighted by molar-refractivity contribution is 7.17. The van der Waals surface area contributed by atoms with Crippen LogP contribution >= 0.6 is 11.3 Å². The van der Waals surface area contributed by atoms with Crippen molar-refractivity contribution >= 4 is 28.1 Å². The van der Waals surface area contributed by atoms with Crippen LogP contribution in [0.5, 0.6) is 11.5 Å². The van der Waals surface area contributed by atoms with Gasteiger partial charge in [-0.3, -0.25) is 4.79 Å². The summed E-state index contributed by atoms with van der Waals surface area (Å²) < 4.78 is 11.5. The van der Waals surface area contributed by atoms with Crippen LogP contribution in [0.15, 0.2) is 48.7 Å². The summed E-state index contributed by atoms with van der Waals surface area (Å²) in [6.45, 7) is 5.33. The Bertz CT molecular complexity index is 1280. The third kappa shape index (κ3) is 3.24. The van der Waals surface area contributed by atoms with Crippen molar-refractivity contribution in [3.63, 3.8) is 0 Å². The maximum atomic E-state index is 12.6. The van der Waals surface area contributed by atoms with Gasteiger partial charge in [0.15, 0.2) is 5.13 Å². The van der Waals surface area contributed by atoms with Gasteiger partial charge in [0.05, 0.1) is 24.2 Å². The van der Waals surface area contributed by atoms with E-state index in [9.17, 15) is 4.79 Å². The van der Waals surface area contributed by atoms with E-state index in [1.165, 1.54) is 16.9 Å². The van der Waals surface area contributed by atoms with Crippen molar-refractivity contribution in [1.29, 1.82) is 0 Å². The number of aromatic nitrogens is 1. The zero-order valence-corrected chi connectivity index (χ0v) is 18.8. The van der Waals surface area contributed by atoms with Crippen LogP contribution < -0.4 is 19.7 Å². The Morgan fingerprint density at radius 1 is 1.12 bits per heavy atom. The van der Waals surface area contributed by atoms with E-state index in [1.807, 2.05) is 32.1 Å². The van der Waals surface area contributed by atoms with Gasteiger partial charge in [-0.1, -0.05) is 23.5 Å². The molecule has 0 saturated heterocycles. The highest BCUT2D eigenvalue weighted by Crippen LogP contribution is 2.43. The van der Waals surface area contributed by atoms with Crippen LogP contribution in [0.3, 0.4) is 0 Å². The number of hydrogen-bond acceptors (Lipinski definition) is 6. The number of thiazole rings is 1. The van der Waals surface area contributed by atoms with Crippen LogP contribution in [-0.4, -0.2) is 29.6 Å². The van der Waals surface area contributed by atoms with Gasteiger partial charge in [0.1, 0.15) is 23.0 Å². The molecule has 4 heterocycles. The molecule has 3 aromatic rings. The first-order valence-corrected chi connectivity index (χ1v) is 11.6. The molecule has 1 aromatic heterocycles. The number of hydrogen-bond donors (Lipinski definition) is 1. The third-order valence-corrected chi connectivity index (χ3v) is 7.15. The second-order valence-electron chi connectivity index (χ2n) is 8.99. The molecule has 6 nitrogen and oxygen atoms in total. The maximum Gasteiger partial charge on any atom is 0.263 e. The monoisotopic (exact) mass is 445 g/mol. The lowest BCUT2D eigenvalue weighted by atomic mass is 9.94. The van der Waals surface area contributed by atoms with Gasteiger partial charge in [0.2, 0.25) is 0 Å². The summed E-state index contributed by atoms with van der Waals surface area (Å²) in [4.78, 5) is 20.4. The Morgan fingerprint density at radius 3 is 2.81 bits per heavy atom. The summed E-state index contributed by atoms with van der Waals surface area (Å²) in [6, 6.07) is 12.6. The first kappa shape index (κ1) is 19.4. The Kier molecular flexibility index (Phi) is 4.30. The summed E-state index contributed by atoms with van der Waals surface area (Å²) in [5.74, 6) is 1.71. The molecule has 0 radical (unpaired) electrons. The number of anilines is 2. The highest BCUT2D eigenvalue weighted by atomic mass is 32.1. The number of rotatable bonds is 2. The van der Waals surface area contributed by atoms with Crippen LogP contribution in [0.2, 0.25) is 0 Å². The average molecular weight is 446 g/mol. The Morgan fingerprint density at radius 2 is 1.94 bits per heavy atom. The second kappa shape index (κ2) is 7.10. The molecule has 1 N–H and O–H groups in total. The van der Waals surface area contributed by atoms with Crippen LogP contribution in [0.1, 0.15) is 34.8 Å². The maximum absolute atomic E-state index is 12.6. The lowest BCUT2D eigenvalue weighted by Crippen LogP contribution is -2.48. The Hall–Kier alpha value is -3.32. The van der Waals surface area contributed by atoms with Crippen LogP contribution in [0.4, 0.5) is 10.8 Å². The smallest absolute Gasteiger partial charge is 0.263 e. The predicted molar refractivity (Wildman–Crippen MR) is 125 cm³/mol. The number of nitrogens with one attached hydrogen (secondary N) is 1. The molecule has 0 atom stereocenters. The van der Waals surface area contributed by atoms with Crippen LogP contribution in [0, 0.1) is 0 Å². The zero-order chi connectivity index (χ0) is 21.9. The Labute approximate surface area is 190 Å². The first-order chi connectivity index (χ1) is 15.5. The van der Waals surface area contributed by atoms with E-state index in [-0.39, 0.29) is 11.4 Å². The van der Waals surface area contributed by atoms with E-state index in [2.05, 4.69) is 34.5 Å². The third-order valence-electron chi connectivity index (χ3n) is 6.03. The highest BCUT2D eigenvalue weighted by Gasteiger charge is 2.34. The number of ether oxygens (including phenoxy) is 2. The summed E-state index contributed by atoms with van der Waals surface area (Å²) in [7, 11) is 0. The molecule has 7 heteroatoms. The minimum Gasteiger partial charge on any atom is -0.490 e. The van der Waals surface area contributed by atoms with E-state index < -0.39 is 0 Å². The number of amides is 1. The van der Waals surface area contributed by atoms with E-state index in [0.29, 0.717) is 18.0 Å². The average Bonchev–Trinajstić information content (AvgIpc) is 3.21. The minimum atomic E-state index is -0.281. The molecule has 0 bridgehead atoms. The molecule has 0 saturated carbocycles. The van der Waals surface area contributed by atoms with Gasteiger partial charge in [0, 0.05) is 12.0 Å².